The Morgan fingerprint density at radius 3 is 1.72 bits per heavy atom. The van der Waals surface area contributed by atoms with E-state index in [1.807, 2.05) is 12.1 Å². The van der Waals surface area contributed by atoms with Crippen molar-refractivity contribution >= 4 is 28.9 Å². The van der Waals surface area contributed by atoms with E-state index in [0.29, 0.717) is 11.4 Å². The van der Waals surface area contributed by atoms with Crippen molar-refractivity contribution in [3.05, 3.63) is 59.1 Å². The summed E-state index contributed by atoms with van der Waals surface area (Å²) in [5.74, 6) is -0.995. The van der Waals surface area contributed by atoms with Gasteiger partial charge >= 0.3 is 5.97 Å². The molecule has 5 N–H and O–H groups in total. The van der Waals surface area contributed by atoms with Gasteiger partial charge in [-0.15, -0.1) is 0 Å². The molecule has 0 atom stereocenters. The molecule has 0 spiro atoms. The first-order chi connectivity index (χ1) is 8.52. The van der Waals surface area contributed by atoms with Gasteiger partial charge in [-0.05, 0) is 24.3 Å². The Bertz CT molecular complexity index is 523. The second-order valence-corrected chi connectivity index (χ2v) is 3.82. The predicted molar refractivity (Wildman–Crippen MR) is 73.7 cm³/mol. The van der Waals surface area contributed by atoms with Crippen LogP contribution in [-0.4, -0.2) is 11.1 Å². The van der Waals surface area contributed by atoms with Gasteiger partial charge in [0.05, 0.1) is 22.0 Å². The maximum Gasteiger partial charge on any atom is 0.337 e. The summed E-state index contributed by atoms with van der Waals surface area (Å²) in [5.41, 5.74) is 12.2. The number of carboxylic acid groups (broad SMARTS) is 1. The molecular formula is C13H13ClN2O2. The topological polar surface area (TPSA) is 89.3 Å². The summed E-state index contributed by atoms with van der Waals surface area (Å²) in [5, 5.41) is 8.75. The van der Waals surface area contributed by atoms with Crippen LogP contribution in [0.5, 0.6) is 0 Å². The summed E-state index contributed by atoms with van der Waals surface area (Å²) in [6, 6.07) is 13.6. The van der Waals surface area contributed by atoms with Gasteiger partial charge in [0.2, 0.25) is 0 Å². The summed E-state index contributed by atoms with van der Waals surface area (Å²) in [6.07, 6.45) is 0. The maximum absolute atomic E-state index is 10.3. The largest absolute Gasteiger partial charge is 0.478 e. The van der Waals surface area contributed by atoms with E-state index in [2.05, 4.69) is 0 Å². The van der Waals surface area contributed by atoms with Gasteiger partial charge in [0.25, 0.3) is 0 Å². The van der Waals surface area contributed by atoms with E-state index >= 15 is 0 Å². The minimum atomic E-state index is -0.995. The number of halogens is 1. The van der Waals surface area contributed by atoms with Crippen molar-refractivity contribution < 1.29 is 9.90 Å². The summed E-state index contributed by atoms with van der Waals surface area (Å²) in [4.78, 5) is 10.3. The zero-order chi connectivity index (χ0) is 13.5. The molecule has 0 fully saturated rings. The number of nitrogens with two attached hydrogens (primary N) is 2. The lowest BCUT2D eigenvalue weighted by atomic mass is 10.2. The average Bonchev–Trinajstić information content (AvgIpc) is 2.34. The highest BCUT2D eigenvalue weighted by Crippen LogP contribution is 2.13. The SMILES string of the molecule is Nc1ccccc1N.O=C(O)c1ccccc1Cl. The Morgan fingerprint density at radius 2 is 1.39 bits per heavy atom. The third kappa shape index (κ3) is 3.99. The van der Waals surface area contributed by atoms with E-state index in [0.717, 1.165) is 0 Å². The number of rotatable bonds is 1. The van der Waals surface area contributed by atoms with Crippen LogP contribution in [0.2, 0.25) is 5.02 Å². The fourth-order valence-corrected chi connectivity index (χ4v) is 1.36. The van der Waals surface area contributed by atoms with E-state index in [-0.39, 0.29) is 10.6 Å². The first-order valence-electron chi connectivity index (χ1n) is 5.10. The maximum atomic E-state index is 10.3. The van der Waals surface area contributed by atoms with Crippen LogP contribution in [0.15, 0.2) is 48.5 Å². The lowest BCUT2D eigenvalue weighted by molar-refractivity contribution is 0.0697. The van der Waals surface area contributed by atoms with E-state index in [9.17, 15) is 4.79 Å². The second-order valence-electron chi connectivity index (χ2n) is 3.41. The molecular weight excluding hydrogens is 252 g/mol. The fraction of sp³-hybridized carbons (Fsp3) is 0. The highest BCUT2D eigenvalue weighted by molar-refractivity contribution is 6.33. The summed E-state index contributed by atoms with van der Waals surface area (Å²) in [6.45, 7) is 0. The normalized spacial score (nSPS) is 9.17. The van der Waals surface area contributed by atoms with E-state index in [1.54, 1.807) is 30.3 Å². The van der Waals surface area contributed by atoms with E-state index in [4.69, 9.17) is 28.2 Å². The number of carbonyl (C=O) groups is 1. The first-order valence-corrected chi connectivity index (χ1v) is 5.48. The number of benzene rings is 2. The molecule has 0 aliphatic heterocycles. The van der Waals surface area contributed by atoms with Crippen molar-refractivity contribution in [2.75, 3.05) is 11.5 Å². The highest BCUT2D eigenvalue weighted by atomic mass is 35.5. The summed E-state index contributed by atoms with van der Waals surface area (Å²) >= 11 is 5.54. The number of nitrogen functional groups attached to an aromatic ring is 2. The van der Waals surface area contributed by atoms with Crippen LogP contribution in [0.25, 0.3) is 0 Å². The molecule has 5 heteroatoms. The smallest absolute Gasteiger partial charge is 0.337 e. The molecule has 0 aromatic heterocycles. The molecule has 0 heterocycles. The molecule has 18 heavy (non-hydrogen) atoms. The molecule has 2 aromatic carbocycles. The number of carboxylic acids is 1. The van der Waals surface area contributed by atoms with Crippen LogP contribution in [0.3, 0.4) is 0 Å². The Balaban J connectivity index is 0.000000184. The van der Waals surface area contributed by atoms with Gasteiger partial charge in [-0.3, -0.25) is 0 Å². The molecule has 0 aliphatic rings. The van der Waals surface area contributed by atoms with Crippen molar-refractivity contribution in [3.8, 4) is 0 Å². The summed E-state index contributed by atoms with van der Waals surface area (Å²) < 4.78 is 0. The van der Waals surface area contributed by atoms with Crippen molar-refractivity contribution in [3.63, 3.8) is 0 Å². The van der Waals surface area contributed by atoms with Crippen LogP contribution in [0, 0.1) is 0 Å². The van der Waals surface area contributed by atoms with Gasteiger partial charge in [-0.2, -0.15) is 0 Å². The molecule has 0 saturated carbocycles. The number of para-hydroxylation sites is 2. The number of hydrogen-bond donors (Lipinski definition) is 3. The molecule has 0 radical (unpaired) electrons. The lowest BCUT2D eigenvalue weighted by Gasteiger charge is -1.94. The van der Waals surface area contributed by atoms with Crippen LogP contribution < -0.4 is 11.5 Å². The predicted octanol–water partition coefficient (Wildman–Crippen LogP) is 2.89. The standard InChI is InChI=1S/C7H5ClO2.C6H8N2/c8-6-4-2-1-3-5(6)7(9)10;7-5-3-1-2-4-6(5)8/h1-4H,(H,9,10);1-4H,7-8H2. The molecule has 94 valence electrons. The van der Waals surface area contributed by atoms with Gasteiger partial charge in [-0.1, -0.05) is 35.9 Å². The number of hydrogen-bond acceptors (Lipinski definition) is 3. The summed E-state index contributed by atoms with van der Waals surface area (Å²) in [7, 11) is 0. The van der Waals surface area contributed by atoms with Gasteiger partial charge in [0.1, 0.15) is 0 Å². The monoisotopic (exact) mass is 264 g/mol. The van der Waals surface area contributed by atoms with Gasteiger partial charge in [0.15, 0.2) is 0 Å². The molecule has 0 unspecified atom stereocenters. The lowest BCUT2D eigenvalue weighted by Crippen LogP contribution is -1.95. The molecule has 2 aromatic rings. The van der Waals surface area contributed by atoms with Crippen molar-refractivity contribution in [1.82, 2.24) is 0 Å². The molecule has 0 amide bonds. The Labute approximate surface area is 110 Å². The molecule has 0 bridgehead atoms. The van der Waals surface area contributed by atoms with Crippen LogP contribution in [0.4, 0.5) is 11.4 Å². The van der Waals surface area contributed by atoms with E-state index < -0.39 is 5.97 Å². The van der Waals surface area contributed by atoms with Gasteiger partial charge in [0, 0.05) is 0 Å². The van der Waals surface area contributed by atoms with Crippen molar-refractivity contribution in [2.24, 2.45) is 0 Å². The minimum Gasteiger partial charge on any atom is -0.478 e. The third-order valence-corrected chi connectivity index (χ3v) is 2.43. The van der Waals surface area contributed by atoms with E-state index in [1.165, 1.54) is 6.07 Å². The zero-order valence-corrected chi connectivity index (χ0v) is 10.3. The van der Waals surface area contributed by atoms with Crippen LogP contribution in [-0.2, 0) is 0 Å². The molecule has 0 saturated heterocycles. The van der Waals surface area contributed by atoms with Crippen LogP contribution in [0.1, 0.15) is 10.4 Å². The second kappa shape index (κ2) is 6.51. The Morgan fingerprint density at radius 1 is 0.944 bits per heavy atom. The van der Waals surface area contributed by atoms with Crippen molar-refractivity contribution in [1.29, 1.82) is 0 Å². The quantitative estimate of drug-likeness (QED) is 0.691. The zero-order valence-electron chi connectivity index (χ0n) is 9.51. The molecule has 4 nitrogen and oxygen atoms in total. The number of aromatic carboxylic acids is 1. The number of anilines is 2. The Hall–Kier alpha value is -2.20. The third-order valence-electron chi connectivity index (χ3n) is 2.10. The Kier molecular flexibility index (Phi) is 5.02. The molecule has 2 rings (SSSR count). The van der Waals surface area contributed by atoms with Crippen molar-refractivity contribution in [2.45, 2.75) is 0 Å². The van der Waals surface area contributed by atoms with Crippen LogP contribution >= 0.6 is 11.6 Å². The van der Waals surface area contributed by atoms with Gasteiger partial charge < -0.3 is 16.6 Å². The fourth-order valence-electron chi connectivity index (χ4n) is 1.15. The minimum absolute atomic E-state index is 0.143. The first kappa shape index (κ1) is 13.9. The average molecular weight is 265 g/mol. The molecule has 0 aliphatic carbocycles. The van der Waals surface area contributed by atoms with Gasteiger partial charge in [-0.25, -0.2) is 4.79 Å². The highest BCUT2D eigenvalue weighted by Gasteiger charge is 2.04.